The highest BCUT2D eigenvalue weighted by Crippen LogP contribution is 2.46. The molecule has 0 N–H and O–H groups in total. The fraction of sp³-hybridized carbons (Fsp3) is 0.818. The first kappa shape index (κ1) is 9.85. The standard InChI is InChI=1S/C11H16O3S/c12-15(13)11(3-4-14-15)7-10-6-8-1-2-9(10)5-8/h1-2,8-11H,3-7H2. The average molecular weight is 228 g/mol. The van der Waals surface area contributed by atoms with Gasteiger partial charge in [-0.1, -0.05) is 12.2 Å². The lowest BCUT2D eigenvalue weighted by molar-refractivity contribution is 0.354. The number of fused-ring (bicyclic) bond motifs is 2. The van der Waals surface area contributed by atoms with Gasteiger partial charge in [-0.3, -0.25) is 4.18 Å². The van der Waals surface area contributed by atoms with Gasteiger partial charge in [0.1, 0.15) is 0 Å². The molecule has 0 aromatic rings. The van der Waals surface area contributed by atoms with Crippen molar-refractivity contribution in [1.29, 1.82) is 0 Å². The van der Waals surface area contributed by atoms with Crippen molar-refractivity contribution >= 4 is 10.1 Å². The van der Waals surface area contributed by atoms with Crippen molar-refractivity contribution in [3.8, 4) is 0 Å². The minimum absolute atomic E-state index is 0.227. The Hall–Kier alpha value is -0.350. The Labute approximate surface area is 90.6 Å². The van der Waals surface area contributed by atoms with Crippen molar-refractivity contribution < 1.29 is 12.6 Å². The Morgan fingerprint density at radius 2 is 2.13 bits per heavy atom. The highest BCUT2D eigenvalue weighted by molar-refractivity contribution is 7.87. The van der Waals surface area contributed by atoms with Crippen LogP contribution < -0.4 is 0 Å². The van der Waals surface area contributed by atoms with Gasteiger partial charge in [0.15, 0.2) is 0 Å². The van der Waals surface area contributed by atoms with Crippen LogP contribution in [0.25, 0.3) is 0 Å². The van der Waals surface area contributed by atoms with E-state index in [-0.39, 0.29) is 5.25 Å². The zero-order valence-electron chi connectivity index (χ0n) is 8.63. The molecule has 3 nitrogen and oxygen atoms in total. The third-order valence-electron chi connectivity index (χ3n) is 4.08. The third-order valence-corrected chi connectivity index (χ3v) is 5.82. The van der Waals surface area contributed by atoms with Gasteiger partial charge in [0.2, 0.25) is 0 Å². The van der Waals surface area contributed by atoms with Gasteiger partial charge in [-0.05, 0) is 43.4 Å². The second kappa shape index (κ2) is 3.32. The SMILES string of the molecule is O=S1(=O)OCCC1CC1CC2C=CC1C2. The number of allylic oxidation sites excluding steroid dienone is 2. The molecule has 2 fully saturated rings. The van der Waals surface area contributed by atoms with Crippen LogP contribution in [0.2, 0.25) is 0 Å². The first-order valence-electron chi connectivity index (χ1n) is 5.72. The van der Waals surface area contributed by atoms with Crippen molar-refractivity contribution in [2.45, 2.75) is 30.9 Å². The topological polar surface area (TPSA) is 43.4 Å². The van der Waals surface area contributed by atoms with E-state index in [9.17, 15) is 8.42 Å². The molecule has 0 amide bonds. The predicted molar refractivity (Wildman–Crippen MR) is 56.7 cm³/mol. The molecular formula is C11H16O3S. The van der Waals surface area contributed by atoms with Gasteiger partial charge in [0, 0.05) is 0 Å². The van der Waals surface area contributed by atoms with E-state index < -0.39 is 10.1 Å². The van der Waals surface area contributed by atoms with Crippen molar-refractivity contribution in [1.82, 2.24) is 0 Å². The maximum Gasteiger partial charge on any atom is 0.270 e. The van der Waals surface area contributed by atoms with Gasteiger partial charge >= 0.3 is 0 Å². The Morgan fingerprint density at radius 1 is 1.27 bits per heavy atom. The fourth-order valence-corrected chi connectivity index (χ4v) is 4.66. The van der Waals surface area contributed by atoms with Crippen molar-refractivity contribution in [3.63, 3.8) is 0 Å². The number of rotatable bonds is 2. The Bertz CT molecular complexity index is 385. The Morgan fingerprint density at radius 3 is 2.67 bits per heavy atom. The molecule has 3 rings (SSSR count). The van der Waals surface area contributed by atoms with E-state index in [1.54, 1.807) is 0 Å². The fourth-order valence-electron chi connectivity index (χ4n) is 3.28. The number of hydrogen-bond donors (Lipinski definition) is 0. The van der Waals surface area contributed by atoms with E-state index in [1.165, 1.54) is 12.8 Å². The molecule has 4 unspecified atom stereocenters. The lowest BCUT2D eigenvalue weighted by Gasteiger charge is -2.20. The summed E-state index contributed by atoms with van der Waals surface area (Å²) in [7, 11) is -3.22. The van der Waals surface area contributed by atoms with Crippen LogP contribution in [-0.2, 0) is 14.3 Å². The molecular weight excluding hydrogens is 212 g/mol. The van der Waals surface area contributed by atoms with Crippen LogP contribution in [0.3, 0.4) is 0 Å². The van der Waals surface area contributed by atoms with E-state index in [0.29, 0.717) is 24.9 Å². The van der Waals surface area contributed by atoms with Crippen molar-refractivity contribution in [3.05, 3.63) is 12.2 Å². The van der Waals surface area contributed by atoms with Gasteiger partial charge in [0.25, 0.3) is 10.1 Å². The largest absolute Gasteiger partial charge is 0.270 e. The minimum atomic E-state index is -3.22. The van der Waals surface area contributed by atoms with E-state index in [2.05, 4.69) is 12.2 Å². The van der Waals surface area contributed by atoms with Crippen LogP contribution in [0, 0.1) is 17.8 Å². The minimum Gasteiger partial charge on any atom is -0.270 e. The van der Waals surface area contributed by atoms with Crippen LogP contribution in [0.1, 0.15) is 25.7 Å². The Balaban J connectivity index is 1.69. The summed E-state index contributed by atoms with van der Waals surface area (Å²) in [6.07, 6.45) is 8.52. The predicted octanol–water partition coefficient (Wildman–Crippen LogP) is 1.71. The van der Waals surface area contributed by atoms with Gasteiger partial charge in [-0.15, -0.1) is 0 Å². The maximum atomic E-state index is 11.5. The summed E-state index contributed by atoms with van der Waals surface area (Å²) in [4.78, 5) is 0. The quantitative estimate of drug-likeness (QED) is 0.534. The molecule has 15 heavy (non-hydrogen) atoms. The molecule has 0 aromatic heterocycles. The normalized spacial score (nSPS) is 46.4. The lowest BCUT2D eigenvalue weighted by Crippen LogP contribution is -2.21. The number of hydrogen-bond acceptors (Lipinski definition) is 3. The second-order valence-corrected chi connectivity index (χ2v) is 6.89. The summed E-state index contributed by atoms with van der Waals surface area (Å²) >= 11 is 0. The zero-order valence-corrected chi connectivity index (χ0v) is 9.45. The molecule has 1 saturated heterocycles. The molecule has 3 aliphatic rings. The van der Waals surface area contributed by atoms with Crippen LogP contribution in [-0.4, -0.2) is 20.3 Å². The third kappa shape index (κ3) is 1.64. The zero-order chi connectivity index (χ0) is 10.5. The van der Waals surface area contributed by atoms with Crippen LogP contribution in [0.5, 0.6) is 0 Å². The molecule has 2 aliphatic carbocycles. The summed E-state index contributed by atoms with van der Waals surface area (Å²) in [5.41, 5.74) is 0. The van der Waals surface area contributed by atoms with Crippen molar-refractivity contribution in [2.24, 2.45) is 17.8 Å². The molecule has 84 valence electrons. The first-order chi connectivity index (χ1) is 7.15. The van der Waals surface area contributed by atoms with Crippen LogP contribution in [0.4, 0.5) is 0 Å². The molecule has 0 spiro atoms. The van der Waals surface area contributed by atoms with E-state index in [1.807, 2.05) is 0 Å². The summed E-state index contributed by atoms with van der Waals surface area (Å²) in [6.45, 7) is 0.393. The molecule has 2 bridgehead atoms. The molecule has 4 heteroatoms. The monoisotopic (exact) mass is 228 g/mol. The summed E-state index contributed by atoms with van der Waals surface area (Å²) < 4.78 is 27.8. The average Bonchev–Trinajstić information content (AvgIpc) is 2.83. The molecule has 1 heterocycles. The van der Waals surface area contributed by atoms with Crippen LogP contribution >= 0.6 is 0 Å². The van der Waals surface area contributed by atoms with Gasteiger partial charge in [-0.2, -0.15) is 8.42 Å². The van der Waals surface area contributed by atoms with E-state index >= 15 is 0 Å². The van der Waals surface area contributed by atoms with E-state index in [0.717, 1.165) is 12.3 Å². The van der Waals surface area contributed by atoms with Gasteiger partial charge in [0.05, 0.1) is 11.9 Å². The second-order valence-electron chi connectivity index (χ2n) is 5.00. The Kier molecular flexibility index (Phi) is 2.18. The summed E-state index contributed by atoms with van der Waals surface area (Å²) in [6, 6.07) is 0. The first-order valence-corrected chi connectivity index (χ1v) is 7.19. The lowest BCUT2D eigenvalue weighted by atomic mass is 9.89. The molecule has 1 saturated carbocycles. The molecule has 1 aliphatic heterocycles. The summed E-state index contributed by atoms with van der Waals surface area (Å²) in [5, 5.41) is -0.227. The molecule has 0 radical (unpaired) electrons. The smallest absolute Gasteiger partial charge is 0.270 e. The highest BCUT2D eigenvalue weighted by atomic mass is 32.2. The highest BCUT2D eigenvalue weighted by Gasteiger charge is 2.41. The van der Waals surface area contributed by atoms with Gasteiger partial charge < -0.3 is 0 Å². The maximum absolute atomic E-state index is 11.5. The van der Waals surface area contributed by atoms with E-state index in [4.69, 9.17) is 4.18 Å². The van der Waals surface area contributed by atoms with Gasteiger partial charge in [-0.25, -0.2) is 0 Å². The van der Waals surface area contributed by atoms with Crippen molar-refractivity contribution in [2.75, 3.05) is 6.61 Å². The molecule has 0 aromatic carbocycles. The molecule has 4 atom stereocenters. The van der Waals surface area contributed by atoms with Crippen LogP contribution in [0.15, 0.2) is 12.2 Å². The summed E-state index contributed by atoms with van der Waals surface area (Å²) in [5.74, 6) is 1.96.